The molecule has 112 valence electrons. The second-order valence-electron chi connectivity index (χ2n) is 5.66. The number of nitrogens with one attached hydrogen (secondary N) is 1. The first-order valence-electron chi connectivity index (χ1n) is 7.24. The van der Waals surface area contributed by atoms with Crippen LogP contribution in [0.4, 0.5) is 0 Å². The van der Waals surface area contributed by atoms with Crippen LogP contribution in [0.25, 0.3) is 0 Å². The summed E-state index contributed by atoms with van der Waals surface area (Å²) in [5.74, 6) is 0.597. The molecule has 1 atom stereocenters. The number of halogens is 2. The van der Waals surface area contributed by atoms with Gasteiger partial charge in [-0.1, -0.05) is 44.2 Å². The van der Waals surface area contributed by atoms with Gasteiger partial charge in [0.25, 0.3) is 0 Å². The first-order valence-corrected chi connectivity index (χ1v) is 9.40. The lowest BCUT2D eigenvalue weighted by Gasteiger charge is -2.16. The molecule has 2 aromatic rings. The molecular formula is C18H21I2N. The summed E-state index contributed by atoms with van der Waals surface area (Å²) in [7, 11) is 0. The lowest BCUT2D eigenvalue weighted by molar-refractivity contribution is 0.572. The summed E-state index contributed by atoms with van der Waals surface area (Å²) >= 11 is 4.78. The fraction of sp³-hybridized carbons (Fsp3) is 0.333. The Kier molecular flexibility index (Phi) is 6.50. The molecule has 2 aromatic carbocycles. The monoisotopic (exact) mass is 505 g/mol. The Hall–Kier alpha value is -0.140. The van der Waals surface area contributed by atoms with E-state index in [4.69, 9.17) is 0 Å². The quantitative estimate of drug-likeness (QED) is 0.502. The Balaban J connectivity index is 1.98. The minimum atomic E-state index is 0.360. The SMILES string of the molecule is CC(C)c1ccc(CNC(C)c2ccc(I)cc2I)cc1. The summed E-state index contributed by atoms with van der Waals surface area (Å²) in [5, 5.41) is 3.62. The zero-order valence-corrected chi connectivity index (χ0v) is 17.0. The first-order chi connectivity index (χ1) is 9.97. The van der Waals surface area contributed by atoms with Crippen molar-refractivity contribution in [1.29, 1.82) is 0 Å². The molecule has 0 aromatic heterocycles. The van der Waals surface area contributed by atoms with Gasteiger partial charge in [-0.15, -0.1) is 0 Å². The standard InChI is InChI=1S/C18H21I2N/c1-12(2)15-6-4-14(5-7-15)11-21-13(3)17-9-8-16(19)10-18(17)20/h4-10,12-13,21H,11H2,1-3H3. The van der Waals surface area contributed by atoms with Gasteiger partial charge in [0.15, 0.2) is 0 Å². The number of hydrogen-bond donors (Lipinski definition) is 1. The summed E-state index contributed by atoms with van der Waals surface area (Å²) < 4.78 is 2.62. The molecule has 3 heteroatoms. The minimum absolute atomic E-state index is 0.360. The van der Waals surface area contributed by atoms with Crippen LogP contribution in [0.2, 0.25) is 0 Å². The molecule has 0 aliphatic carbocycles. The van der Waals surface area contributed by atoms with E-state index in [0.29, 0.717) is 12.0 Å². The maximum atomic E-state index is 3.62. The predicted molar refractivity (Wildman–Crippen MR) is 108 cm³/mol. The molecule has 0 amide bonds. The third-order valence-electron chi connectivity index (χ3n) is 3.69. The van der Waals surface area contributed by atoms with E-state index in [-0.39, 0.29) is 0 Å². The highest BCUT2D eigenvalue weighted by atomic mass is 127. The number of hydrogen-bond acceptors (Lipinski definition) is 1. The van der Waals surface area contributed by atoms with Crippen molar-refractivity contribution in [2.75, 3.05) is 0 Å². The summed E-state index contributed by atoms with van der Waals surface area (Å²) in [4.78, 5) is 0. The summed E-state index contributed by atoms with van der Waals surface area (Å²) in [6, 6.07) is 15.9. The van der Waals surface area contributed by atoms with Crippen LogP contribution in [0.15, 0.2) is 42.5 Å². The van der Waals surface area contributed by atoms with Crippen molar-refractivity contribution in [3.8, 4) is 0 Å². The van der Waals surface area contributed by atoms with Crippen molar-refractivity contribution in [1.82, 2.24) is 5.32 Å². The number of benzene rings is 2. The second-order valence-corrected chi connectivity index (χ2v) is 8.07. The van der Waals surface area contributed by atoms with Crippen LogP contribution in [0, 0.1) is 7.14 Å². The van der Waals surface area contributed by atoms with Gasteiger partial charge in [-0.25, -0.2) is 0 Å². The topological polar surface area (TPSA) is 12.0 Å². The molecule has 0 saturated carbocycles. The van der Waals surface area contributed by atoms with Crippen LogP contribution >= 0.6 is 45.2 Å². The van der Waals surface area contributed by atoms with Crippen LogP contribution in [-0.4, -0.2) is 0 Å². The van der Waals surface area contributed by atoms with Crippen molar-refractivity contribution >= 4 is 45.2 Å². The first kappa shape index (κ1) is 17.2. The fourth-order valence-electron chi connectivity index (χ4n) is 2.25. The maximum Gasteiger partial charge on any atom is 0.0305 e. The van der Waals surface area contributed by atoms with Crippen molar-refractivity contribution < 1.29 is 0 Å². The highest BCUT2D eigenvalue weighted by molar-refractivity contribution is 14.1. The lowest BCUT2D eigenvalue weighted by Crippen LogP contribution is -2.19. The fourth-order valence-corrected chi connectivity index (χ4v) is 4.32. The van der Waals surface area contributed by atoms with Gasteiger partial charge >= 0.3 is 0 Å². The highest BCUT2D eigenvalue weighted by Gasteiger charge is 2.09. The van der Waals surface area contributed by atoms with Crippen molar-refractivity contribution in [3.05, 3.63) is 66.3 Å². The molecule has 1 N–H and O–H groups in total. The predicted octanol–water partition coefficient (Wildman–Crippen LogP) is 5.87. The van der Waals surface area contributed by atoms with Gasteiger partial charge in [0.2, 0.25) is 0 Å². The van der Waals surface area contributed by atoms with E-state index >= 15 is 0 Å². The Morgan fingerprint density at radius 3 is 2.19 bits per heavy atom. The summed E-state index contributed by atoms with van der Waals surface area (Å²) in [6.45, 7) is 7.59. The van der Waals surface area contributed by atoms with Crippen LogP contribution < -0.4 is 5.32 Å². The normalized spacial score (nSPS) is 12.7. The van der Waals surface area contributed by atoms with Crippen molar-refractivity contribution in [2.24, 2.45) is 0 Å². The smallest absolute Gasteiger partial charge is 0.0305 e. The van der Waals surface area contributed by atoms with Gasteiger partial charge < -0.3 is 5.32 Å². The van der Waals surface area contributed by atoms with Gasteiger partial charge in [-0.05, 0) is 86.8 Å². The molecule has 0 saturated heterocycles. The lowest BCUT2D eigenvalue weighted by atomic mass is 10.0. The molecule has 0 radical (unpaired) electrons. The van der Waals surface area contributed by atoms with Gasteiger partial charge in [0.05, 0.1) is 0 Å². The van der Waals surface area contributed by atoms with E-state index in [0.717, 1.165) is 6.54 Å². The zero-order chi connectivity index (χ0) is 15.4. The zero-order valence-electron chi connectivity index (χ0n) is 12.7. The summed E-state index contributed by atoms with van der Waals surface area (Å²) in [6.07, 6.45) is 0. The van der Waals surface area contributed by atoms with Crippen LogP contribution in [0.3, 0.4) is 0 Å². The molecule has 2 rings (SSSR count). The highest BCUT2D eigenvalue weighted by Crippen LogP contribution is 2.22. The molecule has 0 fully saturated rings. The average molecular weight is 505 g/mol. The van der Waals surface area contributed by atoms with Gasteiger partial charge in [0.1, 0.15) is 0 Å². The third kappa shape index (κ3) is 4.93. The van der Waals surface area contributed by atoms with Crippen LogP contribution in [0.1, 0.15) is 49.4 Å². The van der Waals surface area contributed by atoms with E-state index < -0.39 is 0 Å². The Morgan fingerprint density at radius 2 is 1.62 bits per heavy atom. The van der Waals surface area contributed by atoms with Crippen LogP contribution in [0.5, 0.6) is 0 Å². The molecule has 0 aliphatic rings. The minimum Gasteiger partial charge on any atom is -0.306 e. The maximum absolute atomic E-state index is 3.62. The average Bonchev–Trinajstić information content (AvgIpc) is 2.45. The molecule has 0 bridgehead atoms. The Morgan fingerprint density at radius 1 is 0.952 bits per heavy atom. The Bertz CT molecular complexity index is 591. The summed E-state index contributed by atoms with van der Waals surface area (Å²) in [5.41, 5.74) is 4.11. The van der Waals surface area contributed by atoms with Crippen LogP contribution in [-0.2, 0) is 6.54 Å². The molecule has 0 aliphatic heterocycles. The van der Waals surface area contributed by atoms with Gasteiger partial charge in [0, 0.05) is 19.7 Å². The van der Waals surface area contributed by atoms with Crippen molar-refractivity contribution in [3.63, 3.8) is 0 Å². The number of rotatable bonds is 5. The van der Waals surface area contributed by atoms with Crippen molar-refractivity contribution in [2.45, 2.75) is 39.3 Å². The van der Waals surface area contributed by atoms with E-state index in [2.05, 4.69) is 114 Å². The van der Waals surface area contributed by atoms with Gasteiger partial charge in [-0.3, -0.25) is 0 Å². The molecule has 1 unspecified atom stereocenters. The third-order valence-corrected chi connectivity index (χ3v) is 5.29. The molecule has 21 heavy (non-hydrogen) atoms. The molecule has 0 heterocycles. The van der Waals surface area contributed by atoms with E-state index in [1.807, 2.05) is 0 Å². The Labute approximate surface area is 155 Å². The van der Waals surface area contributed by atoms with Gasteiger partial charge in [-0.2, -0.15) is 0 Å². The molecule has 0 spiro atoms. The van der Waals surface area contributed by atoms with E-state index in [9.17, 15) is 0 Å². The molecular weight excluding hydrogens is 484 g/mol. The van der Waals surface area contributed by atoms with E-state index in [1.54, 1.807) is 0 Å². The van der Waals surface area contributed by atoms with E-state index in [1.165, 1.54) is 23.8 Å². The second kappa shape index (κ2) is 7.92. The molecule has 1 nitrogen and oxygen atoms in total. The largest absolute Gasteiger partial charge is 0.306 e.